The number of hydrogen-bond donors (Lipinski definition) is 0. The topological polar surface area (TPSA) is 55.8 Å². The van der Waals surface area contributed by atoms with E-state index < -0.39 is 6.10 Å². The van der Waals surface area contributed by atoms with E-state index in [9.17, 15) is 9.59 Å². The molecule has 1 saturated heterocycles. The normalized spacial score (nSPS) is 31.9. The van der Waals surface area contributed by atoms with Gasteiger partial charge in [-0.05, 0) is 56.8 Å². The van der Waals surface area contributed by atoms with Crippen LogP contribution in [0.2, 0.25) is 0 Å². The second-order valence-electron chi connectivity index (χ2n) is 9.36. The fourth-order valence-corrected chi connectivity index (χ4v) is 6.46. The van der Waals surface area contributed by atoms with Crippen LogP contribution in [0.25, 0.3) is 0 Å². The largest absolute Gasteiger partial charge is 0.477 e. The molecular weight excluding hydrogens is 366 g/mol. The second-order valence-corrected chi connectivity index (χ2v) is 9.36. The van der Waals surface area contributed by atoms with Crippen LogP contribution in [0, 0.1) is 5.92 Å². The van der Waals surface area contributed by atoms with Crippen LogP contribution in [-0.4, -0.2) is 42.4 Å². The summed E-state index contributed by atoms with van der Waals surface area (Å²) >= 11 is 0. The Morgan fingerprint density at radius 2 is 2.17 bits per heavy atom. The van der Waals surface area contributed by atoms with Crippen molar-refractivity contribution in [3.63, 3.8) is 0 Å². The minimum absolute atomic E-state index is 0.201. The molecule has 0 aromatic heterocycles. The molecule has 2 aliphatic carbocycles. The Hall–Kier alpha value is -1.88. The summed E-state index contributed by atoms with van der Waals surface area (Å²) in [5.74, 6) is 1.64. The molecule has 1 aromatic carbocycles. The van der Waals surface area contributed by atoms with Gasteiger partial charge in [0.15, 0.2) is 23.4 Å². The van der Waals surface area contributed by atoms with Crippen LogP contribution in [0.15, 0.2) is 12.1 Å². The van der Waals surface area contributed by atoms with Crippen molar-refractivity contribution in [2.24, 2.45) is 5.92 Å². The minimum Gasteiger partial charge on any atom is -0.477 e. The van der Waals surface area contributed by atoms with Gasteiger partial charge in [0.2, 0.25) is 0 Å². The number of esters is 1. The zero-order valence-corrected chi connectivity index (χ0v) is 17.5. The maximum atomic E-state index is 12.9. The van der Waals surface area contributed by atoms with E-state index in [-0.39, 0.29) is 17.2 Å². The molecule has 3 unspecified atom stereocenters. The van der Waals surface area contributed by atoms with Gasteiger partial charge in [0.25, 0.3) is 0 Å². The van der Waals surface area contributed by atoms with Crippen molar-refractivity contribution in [1.82, 2.24) is 4.90 Å². The van der Waals surface area contributed by atoms with Crippen molar-refractivity contribution in [3.8, 4) is 11.5 Å². The van der Waals surface area contributed by atoms with Gasteiger partial charge in [-0.15, -0.1) is 0 Å². The molecule has 5 nitrogen and oxygen atoms in total. The van der Waals surface area contributed by atoms with Crippen LogP contribution in [0.3, 0.4) is 0 Å². The molecule has 2 fully saturated rings. The fourth-order valence-electron chi connectivity index (χ4n) is 6.46. The zero-order valence-electron chi connectivity index (χ0n) is 17.5. The Balaban J connectivity index is 1.48. The van der Waals surface area contributed by atoms with Gasteiger partial charge < -0.3 is 14.4 Å². The number of likely N-dealkylation sites (tertiary alicyclic amines) is 1. The van der Waals surface area contributed by atoms with E-state index in [1.165, 1.54) is 11.1 Å². The molecule has 0 N–H and O–H groups in total. The summed E-state index contributed by atoms with van der Waals surface area (Å²) in [7, 11) is 2.21. The third kappa shape index (κ3) is 2.77. The first-order valence-electron chi connectivity index (χ1n) is 11.3. The summed E-state index contributed by atoms with van der Waals surface area (Å²) in [6, 6.07) is 4.45. The second kappa shape index (κ2) is 7.12. The van der Waals surface area contributed by atoms with Crippen molar-refractivity contribution in [2.75, 3.05) is 13.6 Å². The Bertz CT molecular complexity index is 850. The summed E-state index contributed by atoms with van der Waals surface area (Å²) in [4.78, 5) is 27.8. The standard InChI is InChI=1S/C24H31NO4/c1-3-4-5-6-7-20(27)28-19-11-8-15-14-17-16-9-10-18(26)23-24(16,12-13-25(17)2)21(15)22(19)29-23/h8,11,16-17,23H,3-7,9-10,12-14H2,1-2H3/t16?,17?,23-,24?/m0/s1. The molecule has 1 saturated carbocycles. The predicted octanol–water partition coefficient (Wildman–Crippen LogP) is 3.80. The number of carbonyl (C=O) groups excluding carboxylic acids is 2. The summed E-state index contributed by atoms with van der Waals surface area (Å²) in [5.41, 5.74) is 2.23. The molecule has 29 heavy (non-hydrogen) atoms. The lowest BCUT2D eigenvalue weighted by Gasteiger charge is -2.57. The number of carbonyl (C=O) groups is 2. The molecule has 1 spiro atoms. The first-order valence-corrected chi connectivity index (χ1v) is 11.3. The number of Topliss-reactive ketones (excluding diaryl/α,β-unsaturated/α-hetero) is 1. The molecule has 5 heteroatoms. The lowest BCUT2D eigenvalue weighted by atomic mass is 9.52. The Kier molecular flexibility index (Phi) is 4.69. The van der Waals surface area contributed by atoms with E-state index >= 15 is 0 Å². The molecule has 4 aliphatic rings. The number of ketones is 1. The van der Waals surface area contributed by atoms with Crippen molar-refractivity contribution < 1.29 is 19.1 Å². The maximum Gasteiger partial charge on any atom is 0.311 e. The van der Waals surface area contributed by atoms with E-state index in [4.69, 9.17) is 9.47 Å². The van der Waals surface area contributed by atoms with E-state index in [2.05, 4.69) is 24.9 Å². The highest BCUT2D eigenvalue weighted by atomic mass is 16.6. The lowest BCUT2D eigenvalue weighted by molar-refractivity contribution is -0.138. The summed E-state index contributed by atoms with van der Waals surface area (Å²) in [5, 5.41) is 0. The van der Waals surface area contributed by atoms with Gasteiger partial charge in [-0.1, -0.05) is 32.3 Å². The van der Waals surface area contributed by atoms with Gasteiger partial charge in [0, 0.05) is 29.9 Å². The molecule has 2 aliphatic heterocycles. The van der Waals surface area contributed by atoms with E-state index in [0.29, 0.717) is 36.3 Å². The number of piperidine rings is 1. The van der Waals surface area contributed by atoms with E-state index in [1.54, 1.807) is 0 Å². The van der Waals surface area contributed by atoms with Gasteiger partial charge in [-0.25, -0.2) is 0 Å². The molecule has 5 rings (SSSR count). The lowest BCUT2D eigenvalue weighted by Crippen LogP contribution is -2.65. The SMILES string of the molecule is CCCCCCC(=O)Oc1ccc2c3c1O[C@H]1C(=O)CCC4C(C2)N(C)CCC341. The zero-order chi connectivity index (χ0) is 20.2. The molecule has 1 aromatic rings. The number of rotatable bonds is 6. The highest BCUT2D eigenvalue weighted by molar-refractivity contribution is 5.89. The predicted molar refractivity (Wildman–Crippen MR) is 109 cm³/mol. The summed E-state index contributed by atoms with van der Waals surface area (Å²) in [6.45, 7) is 3.14. The minimum atomic E-state index is -0.407. The number of nitrogens with zero attached hydrogens (tertiary/aromatic N) is 1. The van der Waals surface area contributed by atoms with Crippen molar-refractivity contribution in [2.45, 2.75) is 82.3 Å². The molecule has 156 valence electrons. The van der Waals surface area contributed by atoms with Crippen LogP contribution in [0.5, 0.6) is 11.5 Å². The monoisotopic (exact) mass is 397 g/mol. The summed E-state index contributed by atoms with van der Waals surface area (Å²) < 4.78 is 12.1. The Morgan fingerprint density at radius 3 is 3.00 bits per heavy atom. The number of hydrogen-bond acceptors (Lipinski definition) is 5. The van der Waals surface area contributed by atoms with Crippen LogP contribution < -0.4 is 9.47 Å². The van der Waals surface area contributed by atoms with Gasteiger partial charge in [-0.2, -0.15) is 0 Å². The highest BCUT2D eigenvalue weighted by Gasteiger charge is 2.65. The van der Waals surface area contributed by atoms with Crippen LogP contribution in [0.4, 0.5) is 0 Å². The first-order chi connectivity index (χ1) is 14.1. The average molecular weight is 398 g/mol. The van der Waals surface area contributed by atoms with Crippen LogP contribution in [0.1, 0.15) is 69.4 Å². The average Bonchev–Trinajstić information content (AvgIpc) is 3.06. The van der Waals surface area contributed by atoms with Gasteiger partial charge in [-0.3, -0.25) is 9.59 Å². The number of likely N-dealkylation sites (N-methyl/N-ethyl adjacent to an activating group) is 1. The van der Waals surface area contributed by atoms with E-state index in [1.807, 2.05) is 6.07 Å². The quantitative estimate of drug-likeness (QED) is 0.415. The van der Waals surface area contributed by atoms with Gasteiger partial charge >= 0.3 is 5.97 Å². The summed E-state index contributed by atoms with van der Waals surface area (Å²) in [6.07, 6.45) is 7.68. The first kappa shape index (κ1) is 19.1. The Morgan fingerprint density at radius 1 is 1.31 bits per heavy atom. The molecule has 0 radical (unpaired) electrons. The molecule has 2 bridgehead atoms. The highest BCUT2D eigenvalue weighted by Crippen LogP contribution is 2.63. The molecular formula is C24H31NO4. The van der Waals surface area contributed by atoms with Gasteiger partial charge in [0.1, 0.15) is 0 Å². The third-order valence-electron chi connectivity index (χ3n) is 7.83. The molecule has 2 heterocycles. The number of unbranched alkanes of at least 4 members (excludes halogenated alkanes) is 3. The maximum absolute atomic E-state index is 12.9. The van der Waals surface area contributed by atoms with Gasteiger partial charge in [0.05, 0.1) is 0 Å². The number of benzene rings is 1. The smallest absolute Gasteiger partial charge is 0.311 e. The van der Waals surface area contributed by atoms with Crippen molar-refractivity contribution in [3.05, 3.63) is 23.3 Å². The third-order valence-corrected chi connectivity index (χ3v) is 7.83. The van der Waals surface area contributed by atoms with Crippen molar-refractivity contribution in [1.29, 1.82) is 0 Å². The number of ether oxygens (including phenoxy) is 2. The van der Waals surface area contributed by atoms with Crippen molar-refractivity contribution >= 4 is 11.8 Å². The molecule has 0 amide bonds. The molecule has 4 atom stereocenters. The van der Waals surface area contributed by atoms with Crippen LogP contribution in [-0.2, 0) is 21.4 Å². The fraction of sp³-hybridized carbons (Fsp3) is 0.667. The Labute approximate surface area is 172 Å². The van der Waals surface area contributed by atoms with Crippen LogP contribution >= 0.6 is 0 Å². The van der Waals surface area contributed by atoms with E-state index in [0.717, 1.165) is 51.5 Å².